The number of hydrogen-bond donors (Lipinski definition) is 0. The fourth-order valence-corrected chi connectivity index (χ4v) is 4.29. The summed E-state index contributed by atoms with van der Waals surface area (Å²) in [6, 6.07) is 7.41. The van der Waals surface area contributed by atoms with Gasteiger partial charge in [-0.25, -0.2) is 9.07 Å². The van der Waals surface area contributed by atoms with Crippen LogP contribution >= 0.6 is 12.4 Å². The Hall–Kier alpha value is -1.54. The van der Waals surface area contributed by atoms with Crippen LogP contribution in [0.15, 0.2) is 24.3 Å². The highest BCUT2D eigenvalue weighted by Crippen LogP contribution is 2.36. The van der Waals surface area contributed by atoms with Gasteiger partial charge in [-0.3, -0.25) is 4.90 Å². The SMILES string of the molecule is Cl.Fc1ccccc1-c1nnn2c1CO[C@H]1CN(C3CCOCC3)C[C@@H]12. The van der Waals surface area contributed by atoms with E-state index >= 15 is 0 Å². The zero-order valence-corrected chi connectivity index (χ0v) is 15.2. The molecule has 3 aliphatic heterocycles. The summed E-state index contributed by atoms with van der Waals surface area (Å²) in [4.78, 5) is 2.50. The molecule has 0 bridgehead atoms. The van der Waals surface area contributed by atoms with Crippen molar-refractivity contribution in [2.45, 2.75) is 37.6 Å². The topological polar surface area (TPSA) is 52.4 Å². The van der Waals surface area contributed by atoms with E-state index in [4.69, 9.17) is 9.47 Å². The number of benzene rings is 1. The predicted molar refractivity (Wildman–Crippen MR) is 95.7 cm³/mol. The first-order valence-corrected chi connectivity index (χ1v) is 8.93. The maximum Gasteiger partial charge on any atom is 0.132 e. The van der Waals surface area contributed by atoms with E-state index in [1.807, 2.05) is 10.7 Å². The summed E-state index contributed by atoms with van der Waals surface area (Å²) in [5, 5.41) is 8.65. The minimum atomic E-state index is -0.275. The third-order valence-electron chi connectivity index (χ3n) is 5.64. The zero-order chi connectivity index (χ0) is 16.8. The lowest BCUT2D eigenvalue weighted by atomic mass is 10.1. The Morgan fingerprint density at radius 3 is 2.73 bits per heavy atom. The molecule has 8 heteroatoms. The molecule has 0 N–H and O–H groups in total. The van der Waals surface area contributed by atoms with Crippen molar-refractivity contribution < 1.29 is 13.9 Å². The fourth-order valence-electron chi connectivity index (χ4n) is 4.29. The number of ether oxygens (including phenoxy) is 2. The Balaban J connectivity index is 0.00000168. The minimum Gasteiger partial charge on any atom is -0.381 e. The number of hydrogen-bond acceptors (Lipinski definition) is 5. The molecule has 0 unspecified atom stereocenters. The Morgan fingerprint density at radius 2 is 1.92 bits per heavy atom. The van der Waals surface area contributed by atoms with Gasteiger partial charge in [0.05, 0.1) is 24.4 Å². The molecular formula is C18H22ClFN4O2. The maximum atomic E-state index is 14.2. The maximum absolute atomic E-state index is 14.2. The van der Waals surface area contributed by atoms with Crippen LogP contribution in [0.1, 0.15) is 24.6 Å². The van der Waals surface area contributed by atoms with E-state index in [0.29, 0.717) is 23.9 Å². The molecule has 0 saturated carbocycles. The van der Waals surface area contributed by atoms with Crippen LogP contribution in [0.4, 0.5) is 4.39 Å². The third kappa shape index (κ3) is 2.93. The monoisotopic (exact) mass is 380 g/mol. The first kappa shape index (κ1) is 17.9. The van der Waals surface area contributed by atoms with Crippen molar-refractivity contribution in [2.75, 3.05) is 26.3 Å². The van der Waals surface area contributed by atoms with Gasteiger partial charge in [0.1, 0.15) is 11.5 Å². The van der Waals surface area contributed by atoms with E-state index in [1.165, 1.54) is 6.07 Å². The number of aromatic nitrogens is 3. The highest BCUT2D eigenvalue weighted by Gasteiger charge is 2.43. The van der Waals surface area contributed by atoms with E-state index in [-0.39, 0.29) is 30.4 Å². The molecule has 2 aromatic rings. The molecule has 0 aliphatic carbocycles. The highest BCUT2D eigenvalue weighted by molar-refractivity contribution is 5.85. The van der Waals surface area contributed by atoms with Crippen LogP contribution in [-0.4, -0.2) is 58.3 Å². The summed E-state index contributed by atoms with van der Waals surface area (Å²) in [5.41, 5.74) is 1.96. The van der Waals surface area contributed by atoms with E-state index in [1.54, 1.807) is 12.1 Å². The summed E-state index contributed by atoms with van der Waals surface area (Å²) in [5.74, 6) is -0.275. The molecule has 0 amide bonds. The van der Waals surface area contributed by atoms with Crippen molar-refractivity contribution in [3.63, 3.8) is 0 Å². The second kappa shape index (κ2) is 7.23. The molecule has 4 heterocycles. The molecule has 2 fully saturated rings. The Bertz CT molecular complexity index is 780. The van der Waals surface area contributed by atoms with Crippen molar-refractivity contribution in [2.24, 2.45) is 0 Å². The van der Waals surface area contributed by atoms with Gasteiger partial charge in [-0.2, -0.15) is 0 Å². The standard InChI is InChI=1S/C18H21FN4O2.ClH/c19-14-4-2-1-3-13(14)18-16-11-25-17-10-22(12-5-7-24-8-6-12)9-15(17)23(16)21-20-18;/h1-4,12,15,17H,5-11H2;1H/t15-,17-;/m0./s1. The molecule has 140 valence electrons. The van der Waals surface area contributed by atoms with Crippen LogP contribution < -0.4 is 0 Å². The quantitative estimate of drug-likeness (QED) is 0.801. The predicted octanol–water partition coefficient (Wildman–Crippen LogP) is 2.44. The Kier molecular flexibility index (Phi) is 4.96. The average Bonchev–Trinajstić information content (AvgIpc) is 3.26. The summed E-state index contributed by atoms with van der Waals surface area (Å²) in [6.07, 6.45) is 2.28. The molecule has 5 rings (SSSR count). The second-order valence-electron chi connectivity index (χ2n) is 7.02. The van der Waals surface area contributed by atoms with Crippen molar-refractivity contribution in [1.29, 1.82) is 0 Å². The number of rotatable bonds is 2. The van der Waals surface area contributed by atoms with Gasteiger partial charge in [-0.15, -0.1) is 17.5 Å². The molecule has 26 heavy (non-hydrogen) atoms. The number of halogens is 2. The number of nitrogens with zero attached hydrogens (tertiary/aromatic N) is 4. The van der Waals surface area contributed by atoms with Crippen LogP contribution in [0.25, 0.3) is 11.3 Å². The van der Waals surface area contributed by atoms with Crippen molar-refractivity contribution in [1.82, 2.24) is 19.9 Å². The van der Waals surface area contributed by atoms with Crippen LogP contribution in [0.3, 0.4) is 0 Å². The molecule has 2 saturated heterocycles. The lowest BCUT2D eigenvalue weighted by Gasteiger charge is -2.30. The number of likely N-dealkylation sites (tertiary alicyclic amines) is 1. The molecule has 0 spiro atoms. The lowest BCUT2D eigenvalue weighted by Crippen LogP contribution is -2.38. The zero-order valence-electron chi connectivity index (χ0n) is 14.4. The first-order valence-electron chi connectivity index (χ1n) is 8.93. The molecule has 6 nitrogen and oxygen atoms in total. The summed E-state index contributed by atoms with van der Waals surface area (Å²) < 4.78 is 27.7. The second-order valence-corrected chi connectivity index (χ2v) is 7.02. The number of fused-ring (bicyclic) bond motifs is 3. The molecule has 3 aliphatic rings. The van der Waals surface area contributed by atoms with E-state index in [2.05, 4.69) is 15.2 Å². The van der Waals surface area contributed by atoms with Gasteiger partial charge in [-0.05, 0) is 25.0 Å². The normalized spacial score (nSPS) is 26.2. The molecular weight excluding hydrogens is 359 g/mol. The van der Waals surface area contributed by atoms with Gasteiger partial charge in [-0.1, -0.05) is 17.3 Å². The van der Waals surface area contributed by atoms with Gasteiger partial charge in [0.15, 0.2) is 0 Å². The first-order chi connectivity index (χ1) is 12.3. The van der Waals surface area contributed by atoms with E-state index in [0.717, 1.165) is 44.8 Å². The van der Waals surface area contributed by atoms with Crippen LogP contribution in [0.2, 0.25) is 0 Å². The van der Waals surface area contributed by atoms with Gasteiger partial charge in [0, 0.05) is 37.9 Å². The Labute approximate surface area is 157 Å². The van der Waals surface area contributed by atoms with Gasteiger partial charge in [0.2, 0.25) is 0 Å². The smallest absolute Gasteiger partial charge is 0.132 e. The summed E-state index contributed by atoms with van der Waals surface area (Å²) in [6.45, 7) is 3.93. The molecule has 1 aromatic carbocycles. The third-order valence-corrected chi connectivity index (χ3v) is 5.64. The van der Waals surface area contributed by atoms with Gasteiger partial charge >= 0.3 is 0 Å². The van der Waals surface area contributed by atoms with Crippen LogP contribution in [0, 0.1) is 5.82 Å². The largest absolute Gasteiger partial charge is 0.381 e. The average molecular weight is 381 g/mol. The van der Waals surface area contributed by atoms with Crippen molar-refractivity contribution >= 4 is 12.4 Å². The van der Waals surface area contributed by atoms with E-state index in [9.17, 15) is 4.39 Å². The summed E-state index contributed by atoms with van der Waals surface area (Å²) in [7, 11) is 0. The van der Waals surface area contributed by atoms with Crippen molar-refractivity contribution in [3.8, 4) is 11.3 Å². The minimum absolute atomic E-state index is 0. The fraction of sp³-hybridized carbons (Fsp3) is 0.556. The summed E-state index contributed by atoms with van der Waals surface area (Å²) >= 11 is 0. The van der Waals surface area contributed by atoms with E-state index < -0.39 is 0 Å². The lowest BCUT2D eigenvalue weighted by molar-refractivity contribution is -0.00870. The highest BCUT2D eigenvalue weighted by atomic mass is 35.5. The van der Waals surface area contributed by atoms with Crippen LogP contribution in [0.5, 0.6) is 0 Å². The molecule has 2 atom stereocenters. The van der Waals surface area contributed by atoms with Crippen molar-refractivity contribution in [3.05, 3.63) is 35.8 Å². The van der Waals surface area contributed by atoms with Gasteiger partial charge < -0.3 is 9.47 Å². The van der Waals surface area contributed by atoms with Gasteiger partial charge in [0.25, 0.3) is 0 Å². The molecule has 1 aromatic heterocycles. The Morgan fingerprint density at radius 1 is 1.12 bits per heavy atom. The van der Waals surface area contributed by atoms with Crippen LogP contribution in [-0.2, 0) is 16.1 Å². The molecule has 0 radical (unpaired) electrons.